The van der Waals surface area contributed by atoms with Crippen LogP contribution < -0.4 is 29.7 Å². The number of amides is 2. The van der Waals surface area contributed by atoms with Crippen LogP contribution in [0.5, 0.6) is 17.2 Å². The van der Waals surface area contributed by atoms with Crippen LogP contribution >= 0.6 is 0 Å². The minimum Gasteiger partial charge on any atom is -0.493 e. The summed E-state index contributed by atoms with van der Waals surface area (Å²) >= 11 is 0. The highest BCUT2D eigenvalue weighted by Crippen LogP contribution is 2.31. The number of anilines is 1. The summed E-state index contributed by atoms with van der Waals surface area (Å²) in [5.41, 5.74) is 4.31. The second kappa shape index (κ2) is 11.4. The van der Waals surface area contributed by atoms with Gasteiger partial charge in [0.25, 0.3) is 11.8 Å². The van der Waals surface area contributed by atoms with Crippen LogP contribution in [0.4, 0.5) is 5.69 Å². The predicted octanol–water partition coefficient (Wildman–Crippen LogP) is 4.02. The zero-order valence-corrected chi connectivity index (χ0v) is 23.1. The molecule has 3 aliphatic rings. The Hall–Kier alpha value is -4.79. The van der Waals surface area contributed by atoms with E-state index in [0.29, 0.717) is 42.3 Å². The Bertz CT molecular complexity index is 1590. The molecule has 2 N–H and O–H groups in total. The van der Waals surface area contributed by atoms with Crippen LogP contribution in [0.15, 0.2) is 72.8 Å². The number of carbonyl (C=O) groups excluding carboxylic acids is 2. The number of aryl methyl sites for hydroxylation is 1. The fourth-order valence-electron chi connectivity index (χ4n) is 5.41. The predicted molar refractivity (Wildman–Crippen MR) is 156 cm³/mol. The van der Waals surface area contributed by atoms with Gasteiger partial charge in [-0.2, -0.15) is 0 Å². The highest BCUT2D eigenvalue weighted by Gasteiger charge is 2.33. The van der Waals surface area contributed by atoms with Gasteiger partial charge in [0.1, 0.15) is 11.9 Å². The van der Waals surface area contributed by atoms with Crippen molar-refractivity contribution in [3.63, 3.8) is 0 Å². The molecule has 0 spiro atoms. The number of aromatic nitrogens is 1. The number of pyridine rings is 1. The molecular formula is C32H32N4O5. The number of methoxy groups -OCH3 is 1. The number of para-hydroxylation sites is 1. The van der Waals surface area contributed by atoms with Crippen molar-refractivity contribution in [3.8, 4) is 17.2 Å². The van der Waals surface area contributed by atoms with Gasteiger partial charge >= 0.3 is 0 Å². The summed E-state index contributed by atoms with van der Waals surface area (Å²) in [4.78, 5) is 33.0. The molecule has 3 aromatic carbocycles. The Balaban J connectivity index is 1.34. The summed E-state index contributed by atoms with van der Waals surface area (Å²) < 4.78 is 17.6. The number of hydrogen-bond donors (Lipinski definition) is 2. The first-order chi connectivity index (χ1) is 20.0. The molecule has 1 saturated heterocycles. The molecule has 9 nitrogen and oxygen atoms in total. The zero-order valence-electron chi connectivity index (χ0n) is 23.1. The smallest absolute Gasteiger partial charge is 0.258 e. The van der Waals surface area contributed by atoms with E-state index < -0.39 is 0 Å². The van der Waals surface area contributed by atoms with Crippen LogP contribution in [0.2, 0.25) is 0 Å². The molecule has 4 heterocycles. The van der Waals surface area contributed by atoms with Crippen molar-refractivity contribution in [2.24, 2.45) is 0 Å². The van der Waals surface area contributed by atoms with Crippen molar-refractivity contribution in [2.45, 2.75) is 32.0 Å². The van der Waals surface area contributed by atoms with E-state index in [1.807, 2.05) is 49.4 Å². The SMILES string of the molecule is COc1ccc2cc1OCC(=O)NCc1ccc(cc1)O[C@@H]1CCN(c3cc(C)nc4ccccc34)C[C@@H]1NC2=O. The molecule has 4 bridgehead atoms. The van der Waals surface area contributed by atoms with Crippen molar-refractivity contribution in [1.82, 2.24) is 15.6 Å². The van der Waals surface area contributed by atoms with Crippen molar-refractivity contribution in [2.75, 3.05) is 31.7 Å². The molecule has 0 aliphatic carbocycles. The monoisotopic (exact) mass is 552 g/mol. The van der Waals surface area contributed by atoms with Crippen molar-refractivity contribution < 1.29 is 23.8 Å². The summed E-state index contributed by atoms with van der Waals surface area (Å²) in [5.74, 6) is 0.921. The van der Waals surface area contributed by atoms with Gasteiger partial charge in [0.05, 0.1) is 18.7 Å². The van der Waals surface area contributed by atoms with Gasteiger partial charge in [0.15, 0.2) is 18.1 Å². The van der Waals surface area contributed by atoms with Gasteiger partial charge in [-0.25, -0.2) is 0 Å². The Morgan fingerprint density at radius 2 is 1.85 bits per heavy atom. The summed E-state index contributed by atoms with van der Waals surface area (Å²) in [7, 11) is 1.52. The second-order valence-electron chi connectivity index (χ2n) is 10.3. The first-order valence-corrected chi connectivity index (χ1v) is 13.7. The maximum Gasteiger partial charge on any atom is 0.258 e. The zero-order chi connectivity index (χ0) is 28.3. The third-order valence-electron chi connectivity index (χ3n) is 7.51. The van der Waals surface area contributed by atoms with Crippen LogP contribution in [0.25, 0.3) is 10.9 Å². The molecule has 210 valence electrons. The molecule has 3 aliphatic heterocycles. The number of carbonyl (C=O) groups is 2. The van der Waals surface area contributed by atoms with Gasteiger partial charge < -0.3 is 29.7 Å². The number of fused-ring (bicyclic) bond motifs is 8. The molecule has 41 heavy (non-hydrogen) atoms. The molecule has 9 heteroatoms. The third kappa shape index (κ3) is 5.75. The van der Waals surface area contributed by atoms with Gasteiger partial charge in [0.2, 0.25) is 0 Å². The molecule has 2 amide bonds. The summed E-state index contributed by atoms with van der Waals surface area (Å²) in [6, 6.07) is 22.5. The van der Waals surface area contributed by atoms with E-state index in [-0.39, 0.29) is 30.6 Å². The quantitative estimate of drug-likeness (QED) is 0.387. The topological polar surface area (TPSA) is 102 Å². The number of piperidine rings is 1. The highest BCUT2D eigenvalue weighted by atomic mass is 16.5. The number of nitrogens with zero attached hydrogens (tertiary/aromatic N) is 2. The largest absolute Gasteiger partial charge is 0.493 e. The van der Waals surface area contributed by atoms with Crippen LogP contribution in [0, 0.1) is 6.92 Å². The minimum atomic E-state index is -0.312. The second-order valence-corrected chi connectivity index (χ2v) is 10.3. The number of ether oxygens (including phenoxy) is 3. The van der Waals surface area contributed by atoms with E-state index in [1.165, 1.54) is 7.11 Å². The fraction of sp³-hybridized carbons (Fsp3) is 0.281. The van der Waals surface area contributed by atoms with E-state index in [2.05, 4.69) is 27.7 Å². The molecule has 0 saturated carbocycles. The average molecular weight is 553 g/mol. The number of nitrogens with one attached hydrogen (secondary N) is 2. The van der Waals surface area contributed by atoms with E-state index in [1.54, 1.807) is 18.2 Å². The van der Waals surface area contributed by atoms with Crippen LogP contribution in [0.3, 0.4) is 0 Å². The summed E-state index contributed by atoms with van der Waals surface area (Å²) in [6.07, 6.45) is 0.453. The first-order valence-electron chi connectivity index (χ1n) is 13.7. The van der Waals surface area contributed by atoms with E-state index >= 15 is 0 Å². The fourth-order valence-corrected chi connectivity index (χ4v) is 5.41. The number of rotatable bonds is 2. The third-order valence-corrected chi connectivity index (χ3v) is 7.51. The van der Waals surface area contributed by atoms with Crippen molar-refractivity contribution in [1.29, 1.82) is 0 Å². The van der Waals surface area contributed by atoms with Gasteiger partial charge in [-0.1, -0.05) is 30.3 Å². The van der Waals surface area contributed by atoms with Crippen molar-refractivity contribution >= 4 is 28.4 Å². The molecule has 1 fully saturated rings. The Labute approximate surface area is 238 Å². The molecule has 4 aromatic rings. The lowest BCUT2D eigenvalue weighted by molar-refractivity contribution is -0.123. The Morgan fingerprint density at radius 3 is 2.68 bits per heavy atom. The standard InChI is InChI=1S/C32H32N4O5/c1-20-15-27(24-5-3-4-6-25(24)34-20)36-14-13-28-26(18-36)35-32(38)22-9-12-29(39-2)30(16-22)40-19-31(37)33-17-21-7-10-23(41-28)11-8-21/h3-12,15-16,26,28H,13-14,17-19H2,1-2H3,(H,33,37)(H,35,38)/t26-,28+/m0/s1. The first kappa shape index (κ1) is 26.4. The maximum absolute atomic E-state index is 13.6. The molecule has 7 rings (SSSR count). The average Bonchev–Trinajstić information content (AvgIpc) is 2.99. The normalized spacial score (nSPS) is 19.3. The lowest BCUT2D eigenvalue weighted by atomic mass is 9.99. The van der Waals surface area contributed by atoms with Crippen LogP contribution in [-0.2, 0) is 11.3 Å². The molecule has 1 aromatic heterocycles. The summed E-state index contributed by atoms with van der Waals surface area (Å²) in [5, 5.41) is 7.15. The van der Waals surface area contributed by atoms with Crippen LogP contribution in [-0.4, -0.2) is 55.8 Å². The van der Waals surface area contributed by atoms with E-state index in [9.17, 15) is 9.59 Å². The minimum absolute atomic E-state index is 0.207. The van der Waals surface area contributed by atoms with Gasteiger partial charge in [-0.15, -0.1) is 0 Å². The molecule has 0 radical (unpaired) electrons. The van der Waals surface area contributed by atoms with Gasteiger partial charge in [0, 0.05) is 48.4 Å². The van der Waals surface area contributed by atoms with Gasteiger partial charge in [-0.3, -0.25) is 14.6 Å². The molecule has 2 atom stereocenters. The van der Waals surface area contributed by atoms with Gasteiger partial charge in [-0.05, 0) is 55.0 Å². The Morgan fingerprint density at radius 1 is 1.02 bits per heavy atom. The molecule has 0 unspecified atom stereocenters. The van der Waals surface area contributed by atoms with E-state index in [0.717, 1.165) is 34.4 Å². The molecular weight excluding hydrogens is 520 g/mol. The maximum atomic E-state index is 13.6. The lowest BCUT2D eigenvalue weighted by Gasteiger charge is -2.40. The lowest BCUT2D eigenvalue weighted by Crippen LogP contribution is -2.57. The Kier molecular flexibility index (Phi) is 7.33. The van der Waals surface area contributed by atoms with E-state index in [4.69, 9.17) is 19.2 Å². The van der Waals surface area contributed by atoms with Crippen LogP contribution in [0.1, 0.15) is 28.0 Å². The number of benzene rings is 3. The van der Waals surface area contributed by atoms with Crippen molar-refractivity contribution in [3.05, 3.63) is 89.6 Å². The highest BCUT2D eigenvalue weighted by molar-refractivity contribution is 5.95. The number of hydrogen-bond acceptors (Lipinski definition) is 7. The summed E-state index contributed by atoms with van der Waals surface area (Å²) in [6.45, 7) is 3.47.